The van der Waals surface area contributed by atoms with Crippen molar-refractivity contribution in [1.82, 2.24) is 4.98 Å². The number of esters is 1. The summed E-state index contributed by atoms with van der Waals surface area (Å²) in [5.74, 6) is -0.255. The van der Waals surface area contributed by atoms with Crippen LogP contribution in [0.25, 0.3) is 0 Å². The van der Waals surface area contributed by atoms with Crippen LogP contribution in [0.3, 0.4) is 0 Å². The zero-order valence-corrected chi connectivity index (χ0v) is 8.87. The van der Waals surface area contributed by atoms with Crippen LogP contribution in [0.1, 0.15) is 12.6 Å². The molecule has 0 saturated carbocycles. The summed E-state index contributed by atoms with van der Waals surface area (Å²) in [7, 11) is 0. The first kappa shape index (κ1) is 10.2. The van der Waals surface area contributed by atoms with Gasteiger partial charge < -0.3 is 4.74 Å². The van der Waals surface area contributed by atoms with E-state index < -0.39 is 0 Å². The first-order chi connectivity index (χ1) is 6.18. The molecule has 0 aromatic carbocycles. The van der Waals surface area contributed by atoms with Gasteiger partial charge in [0.05, 0.1) is 6.61 Å². The van der Waals surface area contributed by atoms with Gasteiger partial charge in [0.25, 0.3) is 0 Å². The fourth-order valence-electron chi connectivity index (χ4n) is 0.889. The SMILES string of the molecule is CC(=O)OCCc1cccc(Br)n1. The maximum Gasteiger partial charge on any atom is 0.302 e. The third-order valence-electron chi connectivity index (χ3n) is 1.44. The molecular weight excluding hydrogens is 234 g/mol. The van der Waals surface area contributed by atoms with Gasteiger partial charge in [-0.05, 0) is 28.1 Å². The maximum absolute atomic E-state index is 10.4. The van der Waals surface area contributed by atoms with Crippen molar-refractivity contribution < 1.29 is 9.53 Å². The van der Waals surface area contributed by atoms with Crippen molar-refractivity contribution in [3.63, 3.8) is 0 Å². The molecule has 0 spiro atoms. The Hall–Kier alpha value is -0.900. The average molecular weight is 244 g/mol. The number of carbonyl (C=O) groups is 1. The molecule has 0 aliphatic carbocycles. The number of hydrogen-bond donors (Lipinski definition) is 0. The number of carbonyl (C=O) groups excluding carboxylic acids is 1. The summed E-state index contributed by atoms with van der Waals surface area (Å²) in [6, 6.07) is 5.66. The Balaban J connectivity index is 2.41. The lowest BCUT2D eigenvalue weighted by Gasteiger charge is -2.01. The van der Waals surface area contributed by atoms with Gasteiger partial charge in [0, 0.05) is 19.0 Å². The smallest absolute Gasteiger partial charge is 0.302 e. The van der Waals surface area contributed by atoms with E-state index in [4.69, 9.17) is 4.74 Å². The highest BCUT2D eigenvalue weighted by Gasteiger charge is 1.97. The molecule has 4 heteroatoms. The van der Waals surface area contributed by atoms with E-state index in [1.807, 2.05) is 18.2 Å². The van der Waals surface area contributed by atoms with E-state index in [-0.39, 0.29) is 5.97 Å². The molecule has 1 aromatic rings. The van der Waals surface area contributed by atoms with Gasteiger partial charge in [-0.15, -0.1) is 0 Å². The Kier molecular flexibility index (Phi) is 3.89. The van der Waals surface area contributed by atoms with Crippen molar-refractivity contribution in [2.75, 3.05) is 6.61 Å². The lowest BCUT2D eigenvalue weighted by molar-refractivity contribution is -0.140. The van der Waals surface area contributed by atoms with Gasteiger partial charge >= 0.3 is 5.97 Å². The van der Waals surface area contributed by atoms with E-state index in [0.29, 0.717) is 13.0 Å². The summed E-state index contributed by atoms with van der Waals surface area (Å²) in [5.41, 5.74) is 0.913. The van der Waals surface area contributed by atoms with Crippen LogP contribution in [0.2, 0.25) is 0 Å². The standard InChI is InChI=1S/C9H10BrNO2/c1-7(12)13-6-5-8-3-2-4-9(10)11-8/h2-4H,5-6H2,1H3. The molecule has 0 bridgehead atoms. The van der Waals surface area contributed by atoms with Crippen molar-refractivity contribution in [2.45, 2.75) is 13.3 Å². The second-order valence-electron chi connectivity index (χ2n) is 2.54. The Labute approximate surface area is 85.3 Å². The molecule has 0 saturated heterocycles. The van der Waals surface area contributed by atoms with E-state index in [0.717, 1.165) is 10.3 Å². The van der Waals surface area contributed by atoms with Crippen LogP contribution in [-0.4, -0.2) is 17.6 Å². The maximum atomic E-state index is 10.4. The van der Waals surface area contributed by atoms with E-state index in [1.165, 1.54) is 6.92 Å². The molecule has 0 N–H and O–H groups in total. The molecule has 1 heterocycles. The van der Waals surface area contributed by atoms with Crippen LogP contribution in [0, 0.1) is 0 Å². The second kappa shape index (κ2) is 4.97. The van der Waals surface area contributed by atoms with Crippen LogP contribution in [0.15, 0.2) is 22.8 Å². The largest absolute Gasteiger partial charge is 0.465 e. The zero-order valence-electron chi connectivity index (χ0n) is 7.29. The number of nitrogens with zero attached hydrogens (tertiary/aromatic N) is 1. The minimum absolute atomic E-state index is 0.255. The Bertz CT molecular complexity index is 301. The Morgan fingerprint density at radius 1 is 1.62 bits per heavy atom. The molecule has 70 valence electrons. The van der Waals surface area contributed by atoms with Crippen molar-refractivity contribution in [3.05, 3.63) is 28.5 Å². The third-order valence-corrected chi connectivity index (χ3v) is 1.88. The number of halogens is 1. The van der Waals surface area contributed by atoms with E-state index >= 15 is 0 Å². The first-order valence-electron chi connectivity index (χ1n) is 3.93. The predicted molar refractivity (Wildman–Crippen MR) is 52.3 cm³/mol. The molecule has 0 aliphatic rings. The van der Waals surface area contributed by atoms with Gasteiger partial charge in [0.1, 0.15) is 4.60 Å². The van der Waals surface area contributed by atoms with Crippen LogP contribution < -0.4 is 0 Å². The summed E-state index contributed by atoms with van der Waals surface area (Å²) in [4.78, 5) is 14.6. The van der Waals surface area contributed by atoms with Crippen LogP contribution in [-0.2, 0) is 16.0 Å². The summed E-state index contributed by atoms with van der Waals surface area (Å²) >= 11 is 3.26. The number of ether oxygens (including phenoxy) is 1. The minimum Gasteiger partial charge on any atom is -0.465 e. The first-order valence-corrected chi connectivity index (χ1v) is 4.72. The zero-order chi connectivity index (χ0) is 9.68. The molecule has 0 atom stereocenters. The second-order valence-corrected chi connectivity index (χ2v) is 3.35. The highest BCUT2D eigenvalue weighted by molar-refractivity contribution is 9.10. The van der Waals surface area contributed by atoms with Crippen molar-refractivity contribution >= 4 is 21.9 Å². The van der Waals surface area contributed by atoms with Gasteiger partial charge in [-0.3, -0.25) is 4.79 Å². The van der Waals surface area contributed by atoms with Crippen molar-refractivity contribution in [1.29, 1.82) is 0 Å². The molecule has 3 nitrogen and oxygen atoms in total. The van der Waals surface area contributed by atoms with Gasteiger partial charge in [0.15, 0.2) is 0 Å². The highest BCUT2D eigenvalue weighted by Crippen LogP contribution is 2.06. The molecule has 1 rings (SSSR count). The van der Waals surface area contributed by atoms with E-state index in [1.54, 1.807) is 0 Å². The fourth-order valence-corrected chi connectivity index (χ4v) is 1.27. The topological polar surface area (TPSA) is 39.2 Å². The van der Waals surface area contributed by atoms with Crippen molar-refractivity contribution in [3.8, 4) is 0 Å². The van der Waals surface area contributed by atoms with Crippen LogP contribution >= 0.6 is 15.9 Å². The minimum atomic E-state index is -0.255. The summed E-state index contributed by atoms with van der Waals surface area (Å²) in [6.07, 6.45) is 0.652. The molecular formula is C9H10BrNO2. The molecule has 1 aromatic heterocycles. The molecule has 0 amide bonds. The van der Waals surface area contributed by atoms with Gasteiger partial charge in [-0.2, -0.15) is 0 Å². The quantitative estimate of drug-likeness (QED) is 0.602. The molecule has 0 radical (unpaired) electrons. The third kappa shape index (κ3) is 4.03. The lowest BCUT2D eigenvalue weighted by atomic mass is 10.3. The van der Waals surface area contributed by atoms with Crippen molar-refractivity contribution in [2.24, 2.45) is 0 Å². The van der Waals surface area contributed by atoms with Gasteiger partial charge in [0.2, 0.25) is 0 Å². The van der Waals surface area contributed by atoms with E-state index in [2.05, 4.69) is 20.9 Å². The van der Waals surface area contributed by atoms with Gasteiger partial charge in [-0.1, -0.05) is 6.07 Å². The summed E-state index contributed by atoms with van der Waals surface area (Å²) in [6.45, 7) is 1.78. The van der Waals surface area contributed by atoms with Crippen LogP contribution in [0.5, 0.6) is 0 Å². The molecule has 13 heavy (non-hydrogen) atoms. The molecule has 0 unspecified atom stereocenters. The number of rotatable bonds is 3. The van der Waals surface area contributed by atoms with Crippen LogP contribution in [0.4, 0.5) is 0 Å². The normalized spacial score (nSPS) is 9.69. The summed E-state index contributed by atoms with van der Waals surface area (Å²) < 4.78 is 5.59. The number of hydrogen-bond acceptors (Lipinski definition) is 3. The molecule has 0 fully saturated rings. The lowest BCUT2D eigenvalue weighted by Crippen LogP contribution is -2.04. The van der Waals surface area contributed by atoms with E-state index in [9.17, 15) is 4.79 Å². The Morgan fingerprint density at radius 2 is 2.38 bits per heavy atom. The van der Waals surface area contributed by atoms with Gasteiger partial charge in [-0.25, -0.2) is 4.98 Å². The predicted octanol–water partition coefficient (Wildman–Crippen LogP) is 1.95. The number of aromatic nitrogens is 1. The highest BCUT2D eigenvalue weighted by atomic mass is 79.9. The summed E-state index contributed by atoms with van der Waals surface area (Å²) in [5, 5.41) is 0. The Morgan fingerprint density at radius 3 is 3.00 bits per heavy atom. The average Bonchev–Trinajstić information content (AvgIpc) is 2.03. The number of pyridine rings is 1. The monoisotopic (exact) mass is 243 g/mol. The fraction of sp³-hybridized carbons (Fsp3) is 0.333. The molecule has 0 aliphatic heterocycles.